The number of fused-ring (bicyclic) bond motifs is 1. The van der Waals surface area contributed by atoms with Gasteiger partial charge in [0.2, 0.25) is 0 Å². The number of carbonyl (C=O) groups is 1. The lowest BCUT2D eigenvalue weighted by atomic mass is 10.1. The fourth-order valence-corrected chi connectivity index (χ4v) is 3.62. The van der Waals surface area contributed by atoms with Gasteiger partial charge in [0.05, 0.1) is 5.56 Å². The van der Waals surface area contributed by atoms with E-state index in [2.05, 4.69) is 24.8 Å². The van der Waals surface area contributed by atoms with Crippen molar-refractivity contribution in [1.29, 1.82) is 0 Å². The first-order chi connectivity index (χ1) is 14.5. The summed E-state index contributed by atoms with van der Waals surface area (Å²) >= 11 is 0. The second kappa shape index (κ2) is 11.6. The highest BCUT2D eigenvalue weighted by Gasteiger charge is 2.11. The van der Waals surface area contributed by atoms with Crippen molar-refractivity contribution in [3.63, 3.8) is 0 Å². The zero-order valence-electron chi connectivity index (χ0n) is 18.0. The molecule has 31 heavy (non-hydrogen) atoms. The summed E-state index contributed by atoms with van der Waals surface area (Å²) in [6.07, 6.45) is 6.61. The molecule has 0 atom stereocenters. The second-order valence-corrected chi connectivity index (χ2v) is 7.37. The first-order valence-corrected chi connectivity index (χ1v) is 10.6. The van der Waals surface area contributed by atoms with Crippen LogP contribution in [0.1, 0.15) is 39.5 Å². The number of aryl methyl sites for hydroxylation is 1. The van der Waals surface area contributed by atoms with E-state index < -0.39 is 5.97 Å². The summed E-state index contributed by atoms with van der Waals surface area (Å²) in [5.74, 6) is -0.745. The van der Waals surface area contributed by atoms with Gasteiger partial charge >= 0.3 is 11.6 Å². The van der Waals surface area contributed by atoms with Crippen LogP contribution in [0, 0.1) is 0 Å². The molecule has 0 amide bonds. The normalized spacial score (nSPS) is 10.6. The van der Waals surface area contributed by atoms with Crippen molar-refractivity contribution in [2.45, 2.75) is 46.1 Å². The number of pyridine rings is 1. The van der Waals surface area contributed by atoms with Crippen LogP contribution in [0.25, 0.3) is 22.1 Å². The summed E-state index contributed by atoms with van der Waals surface area (Å²) < 4.78 is 7.68. The minimum absolute atomic E-state index is 0. The standard InChI is InChI=1S/C24H28N2O4.BrH/c1-3-26(4-2)20-10-9-19-16-21(24(29)30-22(19)17-20)18-11-14-25(15-12-18)13-7-5-6-8-23(27)28;/h9-12,14-17H,3-8,13H2,1-2H3;1H. The van der Waals surface area contributed by atoms with Crippen LogP contribution < -0.4 is 32.1 Å². The highest BCUT2D eigenvalue weighted by atomic mass is 79.9. The van der Waals surface area contributed by atoms with Crippen LogP contribution in [0.15, 0.2) is 58.0 Å². The van der Waals surface area contributed by atoms with Gasteiger partial charge in [0.1, 0.15) is 12.1 Å². The molecule has 7 heteroatoms. The Hall–Kier alpha value is -2.67. The predicted octanol–water partition coefficient (Wildman–Crippen LogP) is 1.24. The Labute approximate surface area is 192 Å². The molecular formula is C24H29BrN2O4. The molecule has 0 saturated heterocycles. The zero-order valence-corrected chi connectivity index (χ0v) is 19.6. The van der Waals surface area contributed by atoms with Crippen LogP contribution in [-0.4, -0.2) is 24.2 Å². The highest BCUT2D eigenvalue weighted by Crippen LogP contribution is 2.24. The summed E-state index contributed by atoms with van der Waals surface area (Å²) in [5, 5.41) is 9.58. The third-order valence-corrected chi connectivity index (χ3v) is 5.36. The summed E-state index contributed by atoms with van der Waals surface area (Å²) in [6.45, 7) is 6.82. The molecule has 0 unspecified atom stereocenters. The number of hydrogen-bond acceptors (Lipinski definition) is 4. The first-order valence-electron chi connectivity index (χ1n) is 10.6. The number of carboxylic acid groups (broad SMARTS) is 1. The van der Waals surface area contributed by atoms with E-state index in [1.54, 1.807) is 0 Å². The third-order valence-electron chi connectivity index (χ3n) is 5.36. The summed E-state index contributed by atoms with van der Waals surface area (Å²) in [5.41, 5.74) is 2.67. The molecule has 0 bridgehead atoms. The van der Waals surface area contributed by atoms with E-state index in [1.807, 2.05) is 47.3 Å². The Bertz CT molecular complexity index is 1060. The lowest BCUT2D eigenvalue weighted by Crippen LogP contribution is -3.00. The maximum atomic E-state index is 12.6. The second-order valence-electron chi connectivity index (χ2n) is 7.37. The van der Waals surface area contributed by atoms with Crippen molar-refractivity contribution in [2.24, 2.45) is 0 Å². The monoisotopic (exact) mass is 488 g/mol. The number of unbranched alkanes of at least 4 members (excludes halogenated alkanes) is 2. The van der Waals surface area contributed by atoms with Gasteiger partial charge in [0, 0.05) is 60.8 Å². The topological polar surface area (TPSA) is 74.6 Å². The van der Waals surface area contributed by atoms with Crippen molar-refractivity contribution in [3.8, 4) is 11.1 Å². The van der Waals surface area contributed by atoms with Crippen LogP contribution >= 0.6 is 0 Å². The Morgan fingerprint density at radius 3 is 2.39 bits per heavy atom. The molecular weight excluding hydrogens is 460 g/mol. The summed E-state index contributed by atoms with van der Waals surface area (Å²) in [7, 11) is 0. The van der Waals surface area contributed by atoms with Gasteiger partial charge in [0.15, 0.2) is 12.4 Å². The Kier molecular flexibility index (Phi) is 9.24. The number of aliphatic carboxylic acids is 1. The molecule has 2 aromatic heterocycles. The average molecular weight is 489 g/mol. The van der Waals surface area contributed by atoms with Crippen molar-refractivity contribution in [2.75, 3.05) is 18.0 Å². The smallest absolute Gasteiger partial charge is 0.344 e. The van der Waals surface area contributed by atoms with Gasteiger partial charge in [-0.1, -0.05) is 0 Å². The fourth-order valence-electron chi connectivity index (χ4n) is 3.62. The lowest BCUT2D eigenvalue weighted by molar-refractivity contribution is -0.697. The maximum Gasteiger partial charge on any atom is 0.344 e. The molecule has 3 rings (SSSR count). The van der Waals surface area contributed by atoms with Gasteiger partial charge in [-0.2, -0.15) is 0 Å². The largest absolute Gasteiger partial charge is 1.00 e. The molecule has 1 aromatic carbocycles. The van der Waals surface area contributed by atoms with E-state index in [0.717, 1.165) is 49.1 Å². The Balaban J connectivity index is 0.00000341. The third kappa shape index (κ3) is 6.40. The Morgan fingerprint density at radius 1 is 1.03 bits per heavy atom. The molecule has 1 N–H and O–H groups in total. The number of anilines is 1. The first kappa shape index (κ1) is 24.6. The number of aromatic nitrogens is 1. The quantitative estimate of drug-likeness (QED) is 0.264. The average Bonchev–Trinajstić information content (AvgIpc) is 2.74. The SMILES string of the molecule is CCN(CC)c1ccc2cc(-c3cc[n+](CCCCCC(=O)O)cc3)c(=O)oc2c1.[Br-]. The molecule has 0 aliphatic heterocycles. The summed E-state index contributed by atoms with van der Waals surface area (Å²) in [6, 6.07) is 11.7. The molecule has 0 fully saturated rings. The van der Waals surface area contributed by atoms with Crippen LogP contribution in [0.3, 0.4) is 0 Å². The van der Waals surface area contributed by atoms with Crippen LogP contribution in [0.5, 0.6) is 0 Å². The van der Waals surface area contributed by atoms with Crippen molar-refractivity contribution in [1.82, 2.24) is 0 Å². The van der Waals surface area contributed by atoms with E-state index in [9.17, 15) is 9.59 Å². The van der Waals surface area contributed by atoms with Gasteiger partial charge < -0.3 is 31.4 Å². The predicted molar refractivity (Wildman–Crippen MR) is 118 cm³/mol. The molecule has 6 nitrogen and oxygen atoms in total. The highest BCUT2D eigenvalue weighted by molar-refractivity contribution is 5.84. The lowest BCUT2D eigenvalue weighted by Gasteiger charge is -2.21. The number of halogens is 1. The van der Waals surface area contributed by atoms with Gasteiger partial charge in [0.25, 0.3) is 0 Å². The van der Waals surface area contributed by atoms with Gasteiger partial charge in [-0.25, -0.2) is 9.36 Å². The number of nitrogens with zero attached hydrogens (tertiary/aromatic N) is 2. The number of rotatable bonds is 10. The molecule has 0 spiro atoms. The van der Waals surface area contributed by atoms with Crippen molar-refractivity contribution < 1.29 is 35.9 Å². The van der Waals surface area contributed by atoms with Gasteiger partial charge in [-0.05, 0) is 44.9 Å². The molecule has 166 valence electrons. The number of hydrogen-bond donors (Lipinski definition) is 1. The minimum Gasteiger partial charge on any atom is -1.00 e. The number of carboxylic acids is 1. The zero-order chi connectivity index (χ0) is 21.5. The van der Waals surface area contributed by atoms with E-state index >= 15 is 0 Å². The molecule has 0 aliphatic rings. The molecule has 0 saturated carbocycles. The van der Waals surface area contributed by atoms with E-state index in [0.29, 0.717) is 17.6 Å². The van der Waals surface area contributed by atoms with Crippen molar-refractivity contribution >= 4 is 22.6 Å². The maximum absolute atomic E-state index is 12.6. The molecule has 2 heterocycles. The summed E-state index contributed by atoms with van der Waals surface area (Å²) in [4.78, 5) is 25.4. The molecule has 0 aliphatic carbocycles. The van der Waals surface area contributed by atoms with Crippen LogP contribution in [0.2, 0.25) is 0 Å². The van der Waals surface area contributed by atoms with Gasteiger partial charge in [-0.3, -0.25) is 4.79 Å². The number of benzene rings is 1. The van der Waals surface area contributed by atoms with E-state index in [-0.39, 0.29) is 29.0 Å². The van der Waals surface area contributed by atoms with E-state index in [1.165, 1.54) is 0 Å². The van der Waals surface area contributed by atoms with Crippen molar-refractivity contribution in [3.05, 3.63) is 59.2 Å². The van der Waals surface area contributed by atoms with Crippen LogP contribution in [-0.2, 0) is 11.3 Å². The Morgan fingerprint density at radius 2 is 1.74 bits per heavy atom. The van der Waals surface area contributed by atoms with Gasteiger partial charge in [-0.15, -0.1) is 0 Å². The minimum atomic E-state index is -0.745. The van der Waals surface area contributed by atoms with Crippen LogP contribution in [0.4, 0.5) is 5.69 Å². The molecule has 3 aromatic rings. The van der Waals surface area contributed by atoms with E-state index in [4.69, 9.17) is 9.52 Å². The fraction of sp³-hybridized carbons (Fsp3) is 0.375. The molecule has 0 radical (unpaired) electrons.